The molecule has 7 heteroatoms. The lowest BCUT2D eigenvalue weighted by Gasteiger charge is -2.08. The van der Waals surface area contributed by atoms with Gasteiger partial charge in [0.05, 0.1) is 17.1 Å². The summed E-state index contributed by atoms with van der Waals surface area (Å²) in [5, 5.41) is 22.1. The minimum atomic E-state index is -0.532. The van der Waals surface area contributed by atoms with Crippen LogP contribution in [0.2, 0.25) is 0 Å². The Balaban J connectivity index is 2.37. The first-order valence-corrected chi connectivity index (χ1v) is 5.81. The maximum absolute atomic E-state index is 11.4. The molecule has 0 aromatic heterocycles. The van der Waals surface area contributed by atoms with Crippen molar-refractivity contribution in [3.63, 3.8) is 0 Å². The number of rotatable bonds is 7. The van der Waals surface area contributed by atoms with Crippen LogP contribution in [0.15, 0.2) is 24.3 Å². The van der Waals surface area contributed by atoms with E-state index in [4.69, 9.17) is 9.84 Å². The van der Waals surface area contributed by atoms with Gasteiger partial charge in [-0.2, -0.15) is 0 Å². The zero-order valence-corrected chi connectivity index (χ0v) is 10.5. The largest absolute Gasteiger partial charge is 0.484 e. The van der Waals surface area contributed by atoms with Crippen LogP contribution in [0.4, 0.5) is 5.69 Å². The lowest BCUT2D eigenvalue weighted by Crippen LogP contribution is -2.31. The summed E-state index contributed by atoms with van der Waals surface area (Å²) in [6.07, 6.45) is -0.0132. The highest BCUT2D eigenvalue weighted by molar-refractivity contribution is 5.77. The second-order valence-electron chi connectivity index (χ2n) is 4.03. The molecule has 0 saturated heterocycles. The number of carbonyl (C=O) groups excluding carboxylic acids is 1. The number of nitrogens with zero attached hydrogens (tertiary/aromatic N) is 1. The number of hydrogen-bond acceptors (Lipinski definition) is 5. The number of amides is 1. The molecule has 19 heavy (non-hydrogen) atoms. The van der Waals surface area contributed by atoms with Gasteiger partial charge in [-0.15, -0.1) is 0 Å². The van der Waals surface area contributed by atoms with Crippen molar-refractivity contribution in [2.24, 2.45) is 0 Å². The number of carbonyl (C=O) groups is 1. The molecular weight excluding hydrogens is 252 g/mol. The average molecular weight is 268 g/mol. The zero-order valence-electron chi connectivity index (χ0n) is 10.5. The molecule has 0 spiro atoms. The van der Waals surface area contributed by atoms with E-state index in [9.17, 15) is 14.9 Å². The van der Waals surface area contributed by atoms with Gasteiger partial charge in [0.1, 0.15) is 5.75 Å². The van der Waals surface area contributed by atoms with E-state index in [0.717, 1.165) is 0 Å². The van der Waals surface area contributed by atoms with Crippen molar-refractivity contribution in [3.8, 4) is 5.75 Å². The van der Waals surface area contributed by atoms with Crippen molar-refractivity contribution < 1.29 is 19.6 Å². The third kappa shape index (κ3) is 5.82. The monoisotopic (exact) mass is 268 g/mol. The van der Waals surface area contributed by atoms with E-state index < -0.39 is 11.0 Å². The summed E-state index contributed by atoms with van der Waals surface area (Å²) in [5.41, 5.74) is -0.0907. The molecular formula is C12H16N2O5. The molecule has 1 atom stereocenters. The van der Waals surface area contributed by atoms with E-state index in [1.807, 2.05) is 0 Å². The van der Waals surface area contributed by atoms with Crippen molar-refractivity contribution in [2.75, 3.05) is 13.2 Å². The molecule has 1 amide bonds. The highest BCUT2D eigenvalue weighted by Gasteiger charge is 2.08. The first-order chi connectivity index (χ1) is 8.99. The molecule has 2 N–H and O–H groups in total. The minimum absolute atomic E-state index is 0.0907. The number of ether oxygens (including phenoxy) is 1. The van der Waals surface area contributed by atoms with Crippen LogP contribution in [0.3, 0.4) is 0 Å². The average Bonchev–Trinajstić information content (AvgIpc) is 2.36. The van der Waals surface area contributed by atoms with Gasteiger partial charge in [0.2, 0.25) is 0 Å². The molecule has 0 aliphatic heterocycles. The number of aliphatic hydroxyl groups is 1. The van der Waals surface area contributed by atoms with E-state index in [1.54, 1.807) is 6.92 Å². The van der Waals surface area contributed by atoms with Crippen LogP contribution in [0.1, 0.15) is 13.3 Å². The number of non-ortho nitro benzene ring substituents is 1. The maximum Gasteiger partial charge on any atom is 0.273 e. The molecule has 7 nitrogen and oxygen atoms in total. The van der Waals surface area contributed by atoms with Crippen molar-refractivity contribution in [1.29, 1.82) is 0 Å². The molecule has 104 valence electrons. The van der Waals surface area contributed by atoms with E-state index >= 15 is 0 Å². The van der Waals surface area contributed by atoms with Gasteiger partial charge in [-0.1, -0.05) is 6.07 Å². The van der Waals surface area contributed by atoms with Crippen LogP contribution < -0.4 is 10.1 Å². The lowest BCUT2D eigenvalue weighted by molar-refractivity contribution is -0.384. The second kappa shape index (κ2) is 7.32. The number of nitro benzene ring substituents is 1. The number of nitro groups is 1. The quantitative estimate of drug-likeness (QED) is 0.564. The normalized spacial score (nSPS) is 11.7. The zero-order chi connectivity index (χ0) is 14.3. The summed E-state index contributed by atoms with van der Waals surface area (Å²) in [7, 11) is 0. The topological polar surface area (TPSA) is 102 Å². The summed E-state index contributed by atoms with van der Waals surface area (Å²) in [6, 6.07) is 5.62. The van der Waals surface area contributed by atoms with Crippen molar-refractivity contribution >= 4 is 11.6 Å². The Labute approximate surface area is 110 Å². The van der Waals surface area contributed by atoms with E-state index in [0.29, 0.717) is 13.0 Å². The summed E-state index contributed by atoms with van der Waals surface area (Å²) >= 11 is 0. The number of aliphatic hydroxyl groups excluding tert-OH is 1. The van der Waals surface area contributed by atoms with Crippen molar-refractivity contribution in [1.82, 2.24) is 5.32 Å². The third-order valence-electron chi connectivity index (χ3n) is 2.28. The Morgan fingerprint density at radius 1 is 1.58 bits per heavy atom. The van der Waals surface area contributed by atoms with Gasteiger partial charge in [-0.25, -0.2) is 0 Å². The molecule has 1 rings (SSSR count). The van der Waals surface area contributed by atoms with Crippen LogP contribution >= 0.6 is 0 Å². The first kappa shape index (κ1) is 14.9. The molecule has 0 heterocycles. The van der Waals surface area contributed by atoms with Gasteiger partial charge in [0, 0.05) is 12.6 Å². The van der Waals surface area contributed by atoms with Crippen molar-refractivity contribution in [2.45, 2.75) is 19.4 Å². The summed E-state index contributed by atoms with van der Waals surface area (Å²) < 4.78 is 5.14. The Morgan fingerprint density at radius 2 is 2.32 bits per heavy atom. The fourth-order valence-electron chi connectivity index (χ4n) is 1.31. The van der Waals surface area contributed by atoms with Gasteiger partial charge in [-0.05, 0) is 19.4 Å². The van der Waals surface area contributed by atoms with Gasteiger partial charge in [0.25, 0.3) is 11.6 Å². The molecule has 0 aliphatic carbocycles. The molecule has 1 unspecified atom stereocenters. The fourth-order valence-corrected chi connectivity index (χ4v) is 1.31. The third-order valence-corrected chi connectivity index (χ3v) is 2.28. The standard InChI is InChI=1S/C12H16N2O5/c1-9(15)5-6-13-12(16)8-19-11-4-2-3-10(7-11)14(17)18/h2-4,7,9,15H,5-6,8H2,1H3,(H,13,16). The predicted molar refractivity (Wildman–Crippen MR) is 67.9 cm³/mol. The fraction of sp³-hybridized carbons (Fsp3) is 0.417. The van der Waals surface area contributed by atoms with E-state index in [2.05, 4.69) is 5.32 Å². The maximum atomic E-state index is 11.4. The minimum Gasteiger partial charge on any atom is -0.484 e. The highest BCUT2D eigenvalue weighted by Crippen LogP contribution is 2.18. The smallest absolute Gasteiger partial charge is 0.273 e. The molecule has 0 radical (unpaired) electrons. The van der Waals surface area contributed by atoms with Crippen LogP contribution in [0.5, 0.6) is 5.75 Å². The van der Waals surface area contributed by atoms with E-state index in [-0.39, 0.29) is 24.0 Å². The van der Waals surface area contributed by atoms with Gasteiger partial charge < -0.3 is 15.2 Å². The second-order valence-corrected chi connectivity index (χ2v) is 4.03. The van der Waals surface area contributed by atoms with Crippen LogP contribution in [-0.2, 0) is 4.79 Å². The van der Waals surface area contributed by atoms with Crippen LogP contribution in [0.25, 0.3) is 0 Å². The van der Waals surface area contributed by atoms with Crippen molar-refractivity contribution in [3.05, 3.63) is 34.4 Å². The number of hydrogen-bond donors (Lipinski definition) is 2. The Bertz CT molecular complexity index is 448. The Morgan fingerprint density at radius 3 is 2.95 bits per heavy atom. The molecule has 0 fully saturated rings. The summed E-state index contributed by atoms with van der Waals surface area (Å²) in [5.74, 6) is -0.0768. The molecule has 1 aromatic rings. The predicted octanol–water partition coefficient (Wildman–Crippen LogP) is 0.861. The first-order valence-electron chi connectivity index (χ1n) is 5.81. The van der Waals surface area contributed by atoms with Gasteiger partial charge >= 0.3 is 0 Å². The lowest BCUT2D eigenvalue weighted by atomic mass is 10.3. The van der Waals surface area contributed by atoms with Gasteiger partial charge in [0.15, 0.2) is 6.61 Å². The number of nitrogens with one attached hydrogen (secondary N) is 1. The molecule has 1 aromatic carbocycles. The number of benzene rings is 1. The SMILES string of the molecule is CC(O)CCNC(=O)COc1cccc([N+](=O)[O-])c1. The molecule has 0 aliphatic rings. The Hall–Kier alpha value is -2.15. The van der Waals surface area contributed by atoms with Crippen LogP contribution in [-0.4, -0.2) is 35.2 Å². The molecule has 0 saturated carbocycles. The summed E-state index contributed by atoms with van der Waals surface area (Å²) in [6.45, 7) is 1.77. The molecule has 0 bridgehead atoms. The van der Waals surface area contributed by atoms with E-state index in [1.165, 1.54) is 24.3 Å². The Kier molecular flexibility index (Phi) is 5.74. The highest BCUT2D eigenvalue weighted by atomic mass is 16.6. The van der Waals surface area contributed by atoms with Gasteiger partial charge in [-0.3, -0.25) is 14.9 Å². The van der Waals surface area contributed by atoms with Crippen LogP contribution in [0, 0.1) is 10.1 Å². The summed E-state index contributed by atoms with van der Waals surface area (Å²) in [4.78, 5) is 21.4.